The first-order valence-corrected chi connectivity index (χ1v) is 6.92. The van der Waals surface area contributed by atoms with E-state index in [1.54, 1.807) is 0 Å². The van der Waals surface area contributed by atoms with Gasteiger partial charge in [-0.05, 0) is 42.1 Å². The molecule has 18 heavy (non-hydrogen) atoms. The van der Waals surface area contributed by atoms with E-state index in [0.29, 0.717) is 12.0 Å². The average Bonchev–Trinajstić information content (AvgIpc) is 2.38. The summed E-state index contributed by atoms with van der Waals surface area (Å²) in [5.74, 6) is 0.601. The third-order valence-electron chi connectivity index (χ3n) is 3.60. The number of benzene rings is 2. The molecule has 0 heterocycles. The number of rotatable bonds is 5. The first-order valence-electron chi connectivity index (χ1n) is 6.92. The molecule has 0 bridgehead atoms. The molecule has 0 aliphatic rings. The summed E-state index contributed by atoms with van der Waals surface area (Å²) in [6.45, 7) is 7.79. The molecule has 2 atom stereocenters. The fourth-order valence-corrected chi connectivity index (χ4v) is 2.61. The van der Waals surface area contributed by atoms with E-state index in [2.05, 4.69) is 68.6 Å². The van der Waals surface area contributed by atoms with Gasteiger partial charge in [-0.25, -0.2) is 0 Å². The maximum Gasteiger partial charge on any atom is 0.00443 e. The Morgan fingerprint density at radius 3 is 2.44 bits per heavy atom. The monoisotopic (exact) mass is 241 g/mol. The van der Waals surface area contributed by atoms with Crippen LogP contribution in [0.1, 0.15) is 38.7 Å². The molecule has 2 aromatic rings. The van der Waals surface area contributed by atoms with E-state index in [4.69, 9.17) is 0 Å². The third kappa shape index (κ3) is 3.11. The zero-order valence-electron chi connectivity index (χ0n) is 11.6. The molecule has 1 N–H and O–H groups in total. The summed E-state index contributed by atoms with van der Waals surface area (Å²) < 4.78 is 0. The van der Waals surface area contributed by atoms with E-state index >= 15 is 0 Å². The largest absolute Gasteiger partial charge is 0.315 e. The standard InChI is InChI=1S/C17H23N/c1-4-18-14(3)11-13(2)16-10-9-15-7-5-6-8-17(15)12-16/h5-10,12-14,18H,4,11H2,1-3H3. The van der Waals surface area contributed by atoms with Crippen LogP contribution in [0.25, 0.3) is 10.8 Å². The van der Waals surface area contributed by atoms with E-state index in [0.717, 1.165) is 6.54 Å². The van der Waals surface area contributed by atoms with Crippen LogP contribution in [-0.2, 0) is 0 Å². The predicted octanol–water partition coefficient (Wildman–Crippen LogP) is 4.33. The fourth-order valence-electron chi connectivity index (χ4n) is 2.61. The van der Waals surface area contributed by atoms with Crippen LogP contribution in [0.4, 0.5) is 0 Å². The smallest absolute Gasteiger partial charge is 0.00443 e. The van der Waals surface area contributed by atoms with Gasteiger partial charge in [-0.15, -0.1) is 0 Å². The van der Waals surface area contributed by atoms with E-state index in [1.165, 1.54) is 22.8 Å². The minimum atomic E-state index is 0.580. The van der Waals surface area contributed by atoms with Crippen molar-refractivity contribution in [2.45, 2.75) is 39.2 Å². The van der Waals surface area contributed by atoms with Crippen molar-refractivity contribution >= 4 is 10.8 Å². The summed E-state index contributed by atoms with van der Waals surface area (Å²) in [6.07, 6.45) is 1.19. The summed E-state index contributed by atoms with van der Waals surface area (Å²) in [5, 5.41) is 6.16. The van der Waals surface area contributed by atoms with Gasteiger partial charge in [0.2, 0.25) is 0 Å². The van der Waals surface area contributed by atoms with Crippen LogP contribution in [0.3, 0.4) is 0 Å². The van der Waals surface area contributed by atoms with Gasteiger partial charge >= 0.3 is 0 Å². The second kappa shape index (κ2) is 6.01. The molecule has 2 rings (SSSR count). The van der Waals surface area contributed by atoms with Gasteiger partial charge in [0.15, 0.2) is 0 Å². The molecule has 2 aromatic carbocycles. The number of hydrogen-bond donors (Lipinski definition) is 1. The van der Waals surface area contributed by atoms with Crippen LogP contribution >= 0.6 is 0 Å². The van der Waals surface area contributed by atoms with Crippen molar-refractivity contribution in [3.05, 3.63) is 48.0 Å². The highest BCUT2D eigenvalue weighted by molar-refractivity contribution is 5.83. The molecule has 1 nitrogen and oxygen atoms in total. The van der Waals surface area contributed by atoms with Crippen LogP contribution in [0.5, 0.6) is 0 Å². The molecule has 96 valence electrons. The molecule has 0 aliphatic carbocycles. The highest BCUT2D eigenvalue weighted by atomic mass is 14.9. The normalized spacial score (nSPS) is 14.6. The Kier molecular flexibility index (Phi) is 4.38. The number of nitrogens with one attached hydrogen (secondary N) is 1. The lowest BCUT2D eigenvalue weighted by atomic mass is 9.92. The van der Waals surface area contributed by atoms with Crippen molar-refractivity contribution in [3.8, 4) is 0 Å². The Labute approximate surface area is 110 Å². The van der Waals surface area contributed by atoms with Gasteiger partial charge in [-0.3, -0.25) is 0 Å². The summed E-state index contributed by atoms with van der Waals surface area (Å²) >= 11 is 0. The summed E-state index contributed by atoms with van der Waals surface area (Å²) in [6, 6.07) is 16.0. The highest BCUT2D eigenvalue weighted by Gasteiger charge is 2.10. The van der Waals surface area contributed by atoms with Crippen molar-refractivity contribution in [3.63, 3.8) is 0 Å². The Morgan fingerprint density at radius 2 is 1.72 bits per heavy atom. The van der Waals surface area contributed by atoms with Crippen LogP contribution in [0, 0.1) is 0 Å². The van der Waals surface area contributed by atoms with Crippen molar-refractivity contribution in [2.75, 3.05) is 6.54 Å². The van der Waals surface area contributed by atoms with E-state index in [1.807, 2.05) is 0 Å². The van der Waals surface area contributed by atoms with E-state index in [-0.39, 0.29) is 0 Å². The van der Waals surface area contributed by atoms with Gasteiger partial charge in [-0.2, -0.15) is 0 Å². The van der Waals surface area contributed by atoms with Crippen LogP contribution < -0.4 is 5.32 Å². The minimum absolute atomic E-state index is 0.580. The quantitative estimate of drug-likeness (QED) is 0.821. The third-order valence-corrected chi connectivity index (χ3v) is 3.60. The first-order chi connectivity index (χ1) is 8.70. The zero-order chi connectivity index (χ0) is 13.0. The molecule has 1 heteroatoms. The number of hydrogen-bond acceptors (Lipinski definition) is 1. The number of fused-ring (bicyclic) bond motifs is 1. The highest BCUT2D eigenvalue weighted by Crippen LogP contribution is 2.24. The SMILES string of the molecule is CCNC(C)CC(C)c1ccc2ccccc2c1. The second-order valence-corrected chi connectivity index (χ2v) is 5.20. The first kappa shape index (κ1) is 13.1. The molecule has 0 saturated heterocycles. The molecular formula is C17H23N. The van der Waals surface area contributed by atoms with Crippen molar-refractivity contribution in [1.82, 2.24) is 5.32 Å². The lowest BCUT2D eigenvalue weighted by Crippen LogP contribution is -2.26. The average molecular weight is 241 g/mol. The summed E-state index contributed by atoms with van der Waals surface area (Å²) in [4.78, 5) is 0. The van der Waals surface area contributed by atoms with Crippen molar-refractivity contribution in [1.29, 1.82) is 0 Å². The van der Waals surface area contributed by atoms with E-state index < -0.39 is 0 Å². The topological polar surface area (TPSA) is 12.0 Å². The maximum atomic E-state index is 3.48. The molecule has 0 fully saturated rings. The van der Waals surface area contributed by atoms with Gasteiger partial charge in [0, 0.05) is 6.04 Å². The molecule has 0 saturated carbocycles. The summed E-state index contributed by atoms with van der Waals surface area (Å²) in [5.41, 5.74) is 1.44. The second-order valence-electron chi connectivity index (χ2n) is 5.20. The molecular weight excluding hydrogens is 218 g/mol. The Balaban J connectivity index is 2.15. The molecule has 0 aromatic heterocycles. The maximum absolute atomic E-state index is 3.48. The van der Waals surface area contributed by atoms with Crippen molar-refractivity contribution in [2.24, 2.45) is 0 Å². The summed E-state index contributed by atoms with van der Waals surface area (Å²) in [7, 11) is 0. The van der Waals surface area contributed by atoms with Gasteiger partial charge in [0.05, 0.1) is 0 Å². The molecule has 0 amide bonds. The van der Waals surface area contributed by atoms with Crippen LogP contribution in [-0.4, -0.2) is 12.6 Å². The lowest BCUT2D eigenvalue weighted by Gasteiger charge is -2.18. The molecule has 0 aliphatic heterocycles. The van der Waals surface area contributed by atoms with Gasteiger partial charge < -0.3 is 5.32 Å². The van der Waals surface area contributed by atoms with Gasteiger partial charge in [-0.1, -0.05) is 56.3 Å². The minimum Gasteiger partial charge on any atom is -0.315 e. The Hall–Kier alpha value is -1.34. The Bertz CT molecular complexity index is 504. The van der Waals surface area contributed by atoms with Crippen LogP contribution in [0.2, 0.25) is 0 Å². The lowest BCUT2D eigenvalue weighted by molar-refractivity contribution is 0.491. The fraction of sp³-hybridized carbons (Fsp3) is 0.412. The molecule has 0 radical (unpaired) electrons. The zero-order valence-corrected chi connectivity index (χ0v) is 11.6. The Morgan fingerprint density at radius 1 is 1.00 bits per heavy atom. The van der Waals surface area contributed by atoms with Gasteiger partial charge in [0.25, 0.3) is 0 Å². The van der Waals surface area contributed by atoms with E-state index in [9.17, 15) is 0 Å². The molecule has 0 spiro atoms. The molecule has 2 unspecified atom stereocenters. The van der Waals surface area contributed by atoms with Crippen molar-refractivity contribution < 1.29 is 0 Å². The predicted molar refractivity (Wildman–Crippen MR) is 80.1 cm³/mol. The van der Waals surface area contributed by atoms with Crippen LogP contribution in [0.15, 0.2) is 42.5 Å². The van der Waals surface area contributed by atoms with Gasteiger partial charge in [0.1, 0.15) is 0 Å².